The number of halogens is 4. The number of carbonyl (C=O) groups excluding carboxylic acids is 1. The Morgan fingerprint density at radius 2 is 1.83 bits per heavy atom. The van der Waals surface area contributed by atoms with Crippen molar-refractivity contribution in [2.75, 3.05) is 38.2 Å². The van der Waals surface area contributed by atoms with Crippen molar-refractivity contribution in [1.29, 1.82) is 0 Å². The highest BCUT2D eigenvalue weighted by Crippen LogP contribution is 2.35. The zero-order chi connectivity index (χ0) is 33.7. The summed E-state index contributed by atoms with van der Waals surface area (Å²) >= 11 is 12.7. The van der Waals surface area contributed by atoms with Gasteiger partial charge in [-0.15, -0.1) is 0 Å². The van der Waals surface area contributed by atoms with Crippen LogP contribution in [0.3, 0.4) is 0 Å². The summed E-state index contributed by atoms with van der Waals surface area (Å²) < 4.78 is 84.9. The van der Waals surface area contributed by atoms with E-state index >= 15 is 4.39 Å². The lowest BCUT2D eigenvalue weighted by Gasteiger charge is -2.32. The standard InChI is InChI=1S/C30H28Cl2F2N4O7S2/c1-42-24-8-5-18(10-25(24)43-2)15-38(29-35-17-36-46-29)47(40,41)27-12-20(33)11-26(28(27)34)44-16-19-4-3-9-37(14-19)30(39)45-21-6-7-22(31)23(32)13-21/h5-8,10-13,17,19H,3-4,9,14-16H2,1-2H3. The van der Waals surface area contributed by atoms with E-state index in [9.17, 15) is 17.6 Å². The lowest BCUT2D eigenvalue weighted by molar-refractivity contribution is 0.108. The number of methoxy groups -OCH3 is 2. The summed E-state index contributed by atoms with van der Waals surface area (Å²) in [5.74, 6) is -2.20. The third-order valence-corrected chi connectivity index (χ3v) is 10.5. The predicted molar refractivity (Wildman–Crippen MR) is 171 cm³/mol. The molecule has 2 heterocycles. The van der Waals surface area contributed by atoms with Crippen LogP contribution in [0.4, 0.5) is 18.7 Å². The number of hydrogen-bond acceptors (Lipinski definition) is 10. The molecule has 1 amide bonds. The van der Waals surface area contributed by atoms with E-state index in [4.69, 9.17) is 42.1 Å². The second-order valence-electron chi connectivity index (χ2n) is 10.4. The van der Waals surface area contributed by atoms with Crippen LogP contribution in [0, 0.1) is 17.6 Å². The molecule has 1 aliphatic heterocycles. The first-order chi connectivity index (χ1) is 22.5. The Morgan fingerprint density at radius 1 is 1.04 bits per heavy atom. The van der Waals surface area contributed by atoms with Crippen molar-refractivity contribution in [2.24, 2.45) is 5.92 Å². The molecule has 1 atom stereocenters. The summed E-state index contributed by atoms with van der Waals surface area (Å²) in [7, 11) is -1.86. The Kier molecular flexibility index (Phi) is 10.9. The third-order valence-electron chi connectivity index (χ3n) is 7.22. The third kappa shape index (κ3) is 7.97. The van der Waals surface area contributed by atoms with Crippen molar-refractivity contribution in [1.82, 2.24) is 14.3 Å². The molecule has 0 radical (unpaired) electrons. The van der Waals surface area contributed by atoms with Gasteiger partial charge in [0.1, 0.15) is 22.8 Å². The minimum Gasteiger partial charge on any atom is -0.493 e. The van der Waals surface area contributed by atoms with Crippen LogP contribution >= 0.6 is 34.7 Å². The van der Waals surface area contributed by atoms with Crippen molar-refractivity contribution in [3.8, 4) is 23.0 Å². The lowest BCUT2D eigenvalue weighted by Crippen LogP contribution is -2.43. The van der Waals surface area contributed by atoms with Crippen molar-refractivity contribution < 1.29 is 40.9 Å². The van der Waals surface area contributed by atoms with Crippen LogP contribution in [0.2, 0.25) is 10.0 Å². The first kappa shape index (κ1) is 34.4. The normalized spacial score (nSPS) is 14.9. The summed E-state index contributed by atoms with van der Waals surface area (Å²) in [5.41, 5.74) is 0.453. The largest absolute Gasteiger partial charge is 0.493 e. The van der Waals surface area contributed by atoms with Crippen LogP contribution in [0.25, 0.3) is 0 Å². The van der Waals surface area contributed by atoms with Gasteiger partial charge in [-0.2, -0.15) is 4.37 Å². The quantitative estimate of drug-likeness (QED) is 0.164. The highest BCUT2D eigenvalue weighted by Gasteiger charge is 2.33. The van der Waals surface area contributed by atoms with Gasteiger partial charge in [-0.1, -0.05) is 29.3 Å². The second-order valence-corrected chi connectivity index (χ2v) is 13.8. The molecule has 1 aromatic heterocycles. The Bertz CT molecular complexity index is 1850. The number of ether oxygens (including phenoxy) is 4. The van der Waals surface area contributed by atoms with Crippen LogP contribution in [-0.4, -0.2) is 62.7 Å². The first-order valence-electron chi connectivity index (χ1n) is 14.0. The molecule has 0 aliphatic carbocycles. The zero-order valence-electron chi connectivity index (χ0n) is 25.0. The number of carbonyl (C=O) groups is 1. The number of benzene rings is 3. The SMILES string of the molecule is COc1ccc(CN(c2ncns2)S(=O)(=O)c2cc(F)cc(OCC3CCCN(C(=O)Oc4ccc(Cl)c(Cl)c4)C3)c2F)cc1OC. The maximum Gasteiger partial charge on any atom is 0.415 e. The fourth-order valence-corrected chi connectivity index (χ4v) is 7.43. The van der Waals surface area contributed by atoms with Gasteiger partial charge in [-0.05, 0) is 48.7 Å². The Labute approximate surface area is 283 Å². The minimum atomic E-state index is -4.74. The molecule has 250 valence electrons. The Morgan fingerprint density at radius 3 is 2.53 bits per heavy atom. The van der Waals surface area contributed by atoms with Crippen LogP contribution in [0.15, 0.2) is 59.8 Å². The topological polar surface area (TPSA) is 120 Å². The zero-order valence-corrected chi connectivity index (χ0v) is 28.1. The Balaban J connectivity index is 1.33. The van der Waals surface area contributed by atoms with E-state index in [1.54, 1.807) is 18.2 Å². The number of likely N-dealkylation sites (tertiary alicyclic amines) is 1. The van der Waals surface area contributed by atoms with Crippen molar-refractivity contribution in [3.63, 3.8) is 0 Å². The van der Waals surface area contributed by atoms with E-state index in [-0.39, 0.29) is 41.5 Å². The molecule has 3 aromatic carbocycles. The smallest absolute Gasteiger partial charge is 0.415 e. The summed E-state index contributed by atoms with van der Waals surface area (Å²) in [6.45, 7) is 0.190. The monoisotopic (exact) mass is 728 g/mol. The molecular formula is C30H28Cl2F2N4O7S2. The summed E-state index contributed by atoms with van der Waals surface area (Å²) in [6, 6.07) is 10.6. The van der Waals surface area contributed by atoms with Gasteiger partial charge < -0.3 is 23.8 Å². The number of sulfonamides is 1. The van der Waals surface area contributed by atoms with Gasteiger partial charge >= 0.3 is 6.09 Å². The van der Waals surface area contributed by atoms with Crippen molar-refractivity contribution in [3.05, 3.63) is 82.1 Å². The molecule has 5 rings (SSSR count). The molecule has 0 N–H and O–H groups in total. The Hall–Kier alpha value is -3.92. The van der Waals surface area contributed by atoms with Crippen LogP contribution < -0.4 is 23.3 Å². The van der Waals surface area contributed by atoms with E-state index < -0.39 is 38.4 Å². The number of piperidine rings is 1. The average Bonchev–Trinajstić information content (AvgIpc) is 3.60. The van der Waals surface area contributed by atoms with Gasteiger partial charge in [-0.3, -0.25) is 0 Å². The predicted octanol–water partition coefficient (Wildman–Crippen LogP) is 6.83. The fraction of sp³-hybridized carbons (Fsp3) is 0.300. The van der Waals surface area contributed by atoms with E-state index in [1.807, 2.05) is 0 Å². The van der Waals surface area contributed by atoms with E-state index in [0.29, 0.717) is 47.5 Å². The van der Waals surface area contributed by atoms with Crippen LogP contribution in [0.5, 0.6) is 23.0 Å². The van der Waals surface area contributed by atoms with Gasteiger partial charge in [0, 0.05) is 42.7 Å². The number of nitrogens with zero attached hydrogens (tertiary/aromatic N) is 4. The van der Waals surface area contributed by atoms with Gasteiger partial charge in [0.05, 0.1) is 37.4 Å². The van der Waals surface area contributed by atoms with Gasteiger partial charge in [-0.25, -0.2) is 31.3 Å². The highest BCUT2D eigenvalue weighted by molar-refractivity contribution is 7.93. The van der Waals surface area contributed by atoms with Crippen LogP contribution in [-0.2, 0) is 16.6 Å². The summed E-state index contributed by atoms with van der Waals surface area (Å²) in [5, 5.41) is 0.474. The molecule has 47 heavy (non-hydrogen) atoms. The van der Waals surface area contributed by atoms with E-state index in [2.05, 4.69) is 9.36 Å². The number of anilines is 1. The molecule has 4 aromatic rings. The maximum absolute atomic E-state index is 15.9. The van der Waals surface area contributed by atoms with E-state index in [0.717, 1.165) is 28.2 Å². The number of hydrogen-bond donors (Lipinski definition) is 0. The molecule has 1 unspecified atom stereocenters. The fourth-order valence-electron chi connectivity index (χ4n) is 4.91. The molecule has 1 aliphatic rings. The van der Waals surface area contributed by atoms with Crippen molar-refractivity contribution >= 4 is 56.0 Å². The minimum absolute atomic E-state index is 0.0685. The number of aromatic nitrogens is 2. The molecular weight excluding hydrogens is 701 g/mol. The molecule has 11 nitrogen and oxygen atoms in total. The molecule has 1 saturated heterocycles. The highest BCUT2D eigenvalue weighted by atomic mass is 35.5. The summed E-state index contributed by atoms with van der Waals surface area (Å²) in [6.07, 6.45) is 1.75. The van der Waals surface area contributed by atoms with Crippen LogP contribution in [0.1, 0.15) is 18.4 Å². The maximum atomic E-state index is 15.9. The lowest BCUT2D eigenvalue weighted by atomic mass is 9.99. The number of amides is 1. The van der Waals surface area contributed by atoms with Gasteiger partial charge in [0.15, 0.2) is 23.1 Å². The number of rotatable bonds is 11. The molecule has 0 bridgehead atoms. The average molecular weight is 730 g/mol. The van der Waals surface area contributed by atoms with Crippen molar-refractivity contribution in [2.45, 2.75) is 24.3 Å². The molecule has 0 spiro atoms. The molecule has 1 fully saturated rings. The summed E-state index contributed by atoms with van der Waals surface area (Å²) in [4.78, 5) is 17.3. The molecule has 17 heteroatoms. The molecule has 0 saturated carbocycles. The van der Waals surface area contributed by atoms with E-state index in [1.165, 1.54) is 37.3 Å². The second kappa shape index (κ2) is 14.9. The van der Waals surface area contributed by atoms with Gasteiger partial charge in [0.25, 0.3) is 10.0 Å². The van der Waals surface area contributed by atoms with Gasteiger partial charge in [0.2, 0.25) is 5.13 Å². The first-order valence-corrected chi connectivity index (χ1v) is 17.0.